The van der Waals surface area contributed by atoms with Crippen molar-refractivity contribution in [3.05, 3.63) is 41.2 Å². The molecule has 0 amide bonds. The molecule has 0 fully saturated rings. The molecule has 0 aliphatic rings. The van der Waals surface area contributed by atoms with Gasteiger partial charge in [-0.25, -0.2) is 0 Å². The van der Waals surface area contributed by atoms with E-state index in [9.17, 15) is 0 Å². The van der Waals surface area contributed by atoms with Gasteiger partial charge in [0, 0.05) is 11.9 Å². The maximum atomic E-state index is 4.95. The van der Waals surface area contributed by atoms with Gasteiger partial charge in [-0.1, -0.05) is 33.8 Å². The topological polar surface area (TPSA) is 25.8 Å². The molecule has 2 rings (SSSR count). The van der Waals surface area contributed by atoms with Crippen molar-refractivity contribution in [2.45, 2.75) is 46.5 Å². The van der Waals surface area contributed by atoms with Crippen molar-refractivity contribution in [1.29, 1.82) is 0 Å². The average molecular weight is 286 g/mol. The first-order valence-electron chi connectivity index (χ1n) is 7.14. The van der Waals surface area contributed by atoms with Gasteiger partial charge in [0.05, 0.1) is 11.4 Å². The minimum absolute atomic E-state index is 0.412. The van der Waals surface area contributed by atoms with E-state index in [1.54, 1.807) is 0 Å². The zero-order chi connectivity index (χ0) is 14.9. The van der Waals surface area contributed by atoms with E-state index in [-0.39, 0.29) is 0 Å². The average Bonchev–Trinajstić information content (AvgIpc) is 2.41. The first kappa shape index (κ1) is 15.1. The maximum Gasteiger partial charge on any atom is 0.0925 e. The molecule has 2 heterocycles. The van der Waals surface area contributed by atoms with Gasteiger partial charge in [-0.3, -0.25) is 9.97 Å². The molecule has 20 heavy (non-hydrogen) atoms. The Hall–Kier alpha value is -1.27. The smallest absolute Gasteiger partial charge is 0.0925 e. The first-order valence-corrected chi connectivity index (χ1v) is 7.72. The minimum atomic E-state index is 0.412. The molecule has 0 aliphatic heterocycles. The minimum Gasteiger partial charge on any atom is -0.255 e. The van der Waals surface area contributed by atoms with Crippen molar-refractivity contribution in [2.24, 2.45) is 0 Å². The van der Waals surface area contributed by atoms with Crippen LogP contribution in [0, 0.1) is 6.92 Å². The highest BCUT2D eigenvalue weighted by molar-refractivity contribution is 7.27. The second kappa shape index (κ2) is 6.01. The van der Waals surface area contributed by atoms with Crippen LogP contribution in [0.1, 0.15) is 56.4 Å². The lowest BCUT2D eigenvalue weighted by atomic mass is 9.92. The summed E-state index contributed by atoms with van der Waals surface area (Å²) in [6, 6.07) is 5.97. The summed E-state index contributed by atoms with van der Waals surface area (Å²) in [6.07, 6.45) is 1.82. The van der Waals surface area contributed by atoms with Crippen molar-refractivity contribution in [3.63, 3.8) is 0 Å². The molecule has 0 N–H and O–H groups in total. The van der Waals surface area contributed by atoms with Gasteiger partial charge in [0.15, 0.2) is 0 Å². The van der Waals surface area contributed by atoms with Crippen molar-refractivity contribution in [2.75, 3.05) is 0 Å². The van der Waals surface area contributed by atoms with E-state index in [1.165, 1.54) is 22.1 Å². The normalized spacial score (nSPS) is 11.4. The second-order valence-electron chi connectivity index (χ2n) is 5.82. The highest BCUT2D eigenvalue weighted by Crippen LogP contribution is 2.29. The van der Waals surface area contributed by atoms with Crippen LogP contribution in [-0.2, 0) is 0 Å². The molecule has 2 aromatic heterocycles. The van der Waals surface area contributed by atoms with Gasteiger partial charge in [-0.2, -0.15) is 0 Å². The van der Waals surface area contributed by atoms with Crippen LogP contribution >= 0.6 is 9.24 Å². The van der Waals surface area contributed by atoms with E-state index in [4.69, 9.17) is 4.98 Å². The molecule has 1 unspecified atom stereocenters. The number of nitrogens with zero attached hydrogens (tertiary/aromatic N) is 2. The SMILES string of the molecule is Cc1c(-c2ccccn2)nc(C(C)C)c(C(C)C)c1P. The molecule has 0 saturated carbocycles. The summed E-state index contributed by atoms with van der Waals surface area (Å²) in [6.45, 7) is 11.0. The van der Waals surface area contributed by atoms with Gasteiger partial charge in [0.2, 0.25) is 0 Å². The molecule has 2 nitrogen and oxygen atoms in total. The van der Waals surface area contributed by atoms with E-state index in [1.807, 2.05) is 24.4 Å². The lowest BCUT2D eigenvalue weighted by Crippen LogP contribution is -2.17. The predicted octanol–water partition coefficient (Wildman–Crippen LogP) is 4.20. The second-order valence-corrected chi connectivity index (χ2v) is 6.40. The third-order valence-electron chi connectivity index (χ3n) is 3.59. The Bertz CT molecular complexity index is 604. The van der Waals surface area contributed by atoms with Crippen LogP contribution in [0.3, 0.4) is 0 Å². The van der Waals surface area contributed by atoms with Crippen LogP contribution in [0.2, 0.25) is 0 Å². The lowest BCUT2D eigenvalue weighted by Gasteiger charge is -2.21. The zero-order valence-corrected chi connectivity index (χ0v) is 14.1. The molecule has 0 radical (unpaired) electrons. The first-order chi connectivity index (χ1) is 9.43. The molecule has 0 bridgehead atoms. The molecule has 3 heteroatoms. The maximum absolute atomic E-state index is 4.95. The van der Waals surface area contributed by atoms with E-state index in [2.05, 4.69) is 48.8 Å². The van der Waals surface area contributed by atoms with E-state index in [0.717, 1.165) is 11.4 Å². The van der Waals surface area contributed by atoms with Gasteiger partial charge < -0.3 is 0 Å². The number of rotatable bonds is 3. The summed E-state index contributed by atoms with van der Waals surface area (Å²) >= 11 is 0. The van der Waals surface area contributed by atoms with Crippen LogP contribution < -0.4 is 5.30 Å². The molecule has 2 aromatic rings. The number of aromatic nitrogens is 2. The molecule has 0 aromatic carbocycles. The fourth-order valence-electron chi connectivity index (χ4n) is 2.53. The fourth-order valence-corrected chi connectivity index (χ4v) is 3.15. The van der Waals surface area contributed by atoms with E-state index < -0.39 is 0 Å². The van der Waals surface area contributed by atoms with Gasteiger partial charge >= 0.3 is 0 Å². The van der Waals surface area contributed by atoms with Gasteiger partial charge in [-0.05, 0) is 47.3 Å². The van der Waals surface area contributed by atoms with Gasteiger partial charge in [0.25, 0.3) is 0 Å². The monoisotopic (exact) mass is 286 g/mol. The lowest BCUT2D eigenvalue weighted by molar-refractivity contribution is 0.762. The number of hydrogen-bond donors (Lipinski definition) is 0. The van der Waals surface area contributed by atoms with Crippen LogP contribution in [0.5, 0.6) is 0 Å². The highest BCUT2D eigenvalue weighted by atomic mass is 31.0. The fraction of sp³-hybridized carbons (Fsp3) is 0.412. The Kier molecular flexibility index (Phi) is 4.55. The van der Waals surface area contributed by atoms with Crippen molar-refractivity contribution < 1.29 is 0 Å². The Balaban J connectivity index is 2.73. The molecule has 106 valence electrons. The predicted molar refractivity (Wildman–Crippen MR) is 89.7 cm³/mol. The standard InChI is InChI=1S/C17H23N2P/c1-10(2)14-15(11(3)4)19-16(12(5)17(14)20)13-8-6-7-9-18-13/h6-11H,20H2,1-5H3. The van der Waals surface area contributed by atoms with Crippen LogP contribution in [0.4, 0.5) is 0 Å². The third-order valence-corrected chi connectivity index (χ3v) is 4.33. The Morgan fingerprint density at radius 2 is 1.75 bits per heavy atom. The largest absolute Gasteiger partial charge is 0.255 e. The van der Waals surface area contributed by atoms with Gasteiger partial charge in [-0.15, -0.1) is 9.24 Å². The van der Waals surface area contributed by atoms with Crippen molar-refractivity contribution in [1.82, 2.24) is 9.97 Å². The molecule has 1 atom stereocenters. The number of pyridine rings is 2. The Morgan fingerprint density at radius 3 is 2.25 bits per heavy atom. The van der Waals surface area contributed by atoms with Crippen molar-refractivity contribution in [3.8, 4) is 11.4 Å². The van der Waals surface area contributed by atoms with Crippen LogP contribution in [0.15, 0.2) is 24.4 Å². The number of hydrogen-bond acceptors (Lipinski definition) is 2. The summed E-state index contributed by atoms with van der Waals surface area (Å²) in [7, 11) is 2.91. The summed E-state index contributed by atoms with van der Waals surface area (Å²) in [5.41, 5.74) is 5.72. The van der Waals surface area contributed by atoms with Crippen LogP contribution in [0.25, 0.3) is 11.4 Å². The summed E-state index contributed by atoms with van der Waals surface area (Å²) in [4.78, 5) is 9.40. The quantitative estimate of drug-likeness (QED) is 0.790. The van der Waals surface area contributed by atoms with Gasteiger partial charge in [0.1, 0.15) is 0 Å². The molecule has 0 spiro atoms. The zero-order valence-electron chi connectivity index (χ0n) is 12.9. The van der Waals surface area contributed by atoms with E-state index in [0.29, 0.717) is 11.8 Å². The third kappa shape index (κ3) is 2.76. The molecular weight excluding hydrogens is 263 g/mol. The Morgan fingerprint density at radius 1 is 1.05 bits per heavy atom. The summed E-state index contributed by atoms with van der Waals surface area (Å²) in [5, 5.41) is 1.28. The molecular formula is C17H23N2P. The molecule has 0 aliphatic carbocycles. The molecule has 0 saturated heterocycles. The Labute approximate surface area is 124 Å². The van der Waals surface area contributed by atoms with E-state index >= 15 is 0 Å². The summed E-state index contributed by atoms with van der Waals surface area (Å²) < 4.78 is 0. The van der Waals surface area contributed by atoms with Crippen LogP contribution in [-0.4, -0.2) is 9.97 Å². The highest BCUT2D eigenvalue weighted by Gasteiger charge is 2.19. The summed E-state index contributed by atoms with van der Waals surface area (Å²) in [5.74, 6) is 0.888. The van der Waals surface area contributed by atoms with Crippen molar-refractivity contribution >= 4 is 14.5 Å².